The Morgan fingerprint density at radius 2 is 1.90 bits per heavy atom. The lowest BCUT2D eigenvalue weighted by Crippen LogP contribution is -2.42. The van der Waals surface area contributed by atoms with E-state index in [2.05, 4.69) is 0 Å². The molecule has 0 spiro atoms. The van der Waals surface area contributed by atoms with Gasteiger partial charge in [-0.3, -0.25) is 9.59 Å². The number of carboxylic acids is 1. The highest BCUT2D eigenvalue weighted by atomic mass is 16.4. The van der Waals surface area contributed by atoms with Crippen molar-refractivity contribution in [3.05, 3.63) is 42.5 Å². The van der Waals surface area contributed by atoms with Crippen molar-refractivity contribution in [1.82, 2.24) is 0 Å². The molecule has 2 aromatic rings. The Morgan fingerprint density at radius 1 is 1.15 bits per heavy atom. The van der Waals surface area contributed by atoms with E-state index in [4.69, 9.17) is 5.11 Å². The number of aliphatic carboxylic acids is 1. The lowest BCUT2D eigenvalue weighted by molar-refractivity contribution is -0.142. The Labute approximate surface area is 116 Å². The van der Waals surface area contributed by atoms with Crippen molar-refractivity contribution in [2.45, 2.75) is 12.8 Å². The molecule has 1 heterocycles. The van der Waals surface area contributed by atoms with E-state index in [0.29, 0.717) is 12.8 Å². The molecule has 1 fully saturated rings. The minimum Gasteiger partial charge on any atom is -0.481 e. The second kappa shape index (κ2) is 4.96. The minimum absolute atomic E-state index is 0.00205. The Morgan fingerprint density at radius 3 is 2.65 bits per heavy atom. The molecule has 1 amide bonds. The number of carboxylic acid groups (broad SMARTS) is 1. The molecule has 20 heavy (non-hydrogen) atoms. The molecule has 1 saturated heterocycles. The predicted molar refractivity (Wildman–Crippen MR) is 76.7 cm³/mol. The van der Waals surface area contributed by atoms with E-state index < -0.39 is 11.9 Å². The fourth-order valence-electron chi connectivity index (χ4n) is 2.64. The van der Waals surface area contributed by atoms with E-state index in [1.807, 2.05) is 42.5 Å². The highest BCUT2D eigenvalue weighted by Gasteiger charge is 2.30. The van der Waals surface area contributed by atoms with Gasteiger partial charge in [0.1, 0.15) is 0 Å². The number of anilines is 1. The molecule has 1 unspecified atom stereocenters. The summed E-state index contributed by atoms with van der Waals surface area (Å²) in [7, 11) is 0. The molecule has 102 valence electrons. The molecule has 1 aliphatic rings. The minimum atomic E-state index is -0.830. The van der Waals surface area contributed by atoms with Crippen molar-refractivity contribution in [3.8, 4) is 0 Å². The molecule has 0 aromatic heterocycles. The van der Waals surface area contributed by atoms with Gasteiger partial charge in [0, 0.05) is 18.7 Å². The van der Waals surface area contributed by atoms with Crippen LogP contribution in [0.25, 0.3) is 10.8 Å². The van der Waals surface area contributed by atoms with E-state index in [1.165, 1.54) is 0 Å². The first-order chi connectivity index (χ1) is 9.65. The summed E-state index contributed by atoms with van der Waals surface area (Å²) in [6.45, 7) is 0.256. The van der Waals surface area contributed by atoms with Gasteiger partial charge in [0.25, 0.3) is 0 Å². The number of amides is 1. The zero-order chi connectivity index (χ0) is 14.1. The first-order valence-electron chi connectivity index (χ1n) is 6.67. The number of rotatable bonds is 2. The molecule has 0 aliphatic carbocycles. The van der Waals surface area contributed by atoms with Crippen LogP contribution in [0.3, 0.4) is 0 Å². The summed E-state index contributed by atoms with van der Waals surface area (Å²) in [5.41, 5.74) is 0.777. The van der Waals surface area contributed by atoms with Crippen LogP contribution in [0.1, 0.15) is 12.8 Å². The summed E-state index contributed by atoms with van der Waals surface area (Å²) >= 11 is 0. The number of hydrogen-bond acceptors (Lipinski definition) is 2. The zero-order valence-electron chi connectivity index (χ0n) is 11.0. The van der Waals surface area contributed by atoms with Gasteiger partial charge in [-0.2, -0.15) is 0 Å². The van der Waals surface area contributed by atoms with Gasteiger partial charge in [-0.15, -0.1) is 0 Å². The van der Waals surface area contributed by atoms with Crippen molar-refractivity contribution in [2.24, 2.45) is 5.92 Å². The lowest BCUT2D eigenvalue weighted by Gasteiger charge is -2.30. The van der Waals surface area contributed by atoms with Crippen molar-refractivity contribution >= 4 is 28.3 Å². The van der Waals surface area contributed by atoms with Gasteiger partial charge < -0.3 is 10.0 Å². The van der Waals surface area contributed by atoms with Gasteiger partial charge in [-0.1, -0.05) is 30.3 Å². The first kappa shape index (κ1) is 12.7. The largest absolute Gasteiger partial charge is 0.481 e. The van der Waals surface area contributed by atoms with Gasteiger partial charge in [-0.05, 0) is 29.3 Å². The smallest absolute Gasteiger partial charge is 0.308 e. The topological polar surface area (TPSA) is 57.6 Å². The normalized spacial score (nSPS) is 19.3. The van der Waals surface area contributed by atoms with Crippen LogP contribution < -0.4 is 4.90 Å². The van der Waals surface area contributed by atoms with Crippen LogP contribution in [-0.2, 0) is 9.59 Å². The molecule has 3 rings (SSSR count). The number of hydrogen-bond donors (Lipinski definition) is 1. The average molecular weight is 269 g/mol. The Balaban J connectivity index is 1.95. The van der Waals surface area contributed by atoms with E-state index in [9.17, 15) is 9.59 Å². The molecule has 1 atom stereocenters. The van der Waals surface area contributed by atoms with E-state index in [1.54, 1.807) is 4.90 Å². The van der Waals surface area contributed by atoms with Crippen molar-refractivity contribution < 1.29 is 14.7 Å². The van der Waals surface area contributed by atoms with Crippen molar-refractivity contribution in [2.75, 3.05) is 11.4 Å². The summed E-state index contributed by atoms with van der Waals surface area (Å²) < 4.78 is 0. The standard InChI is InChI=1S/C16H15NO3/c18-15-8-6-13(16(19)20)10-17(15)14-7-5-11-3-1-2-4-12(11)9-14/h1-5,7,9,13H,6,8,10H2,(H,19,20). The Bertz CT molecular complexity index is 680. The Hall–Kier alpha value is -2.36. The monoisotopic (exact) mass is 269 g/mol. The number of carbonyl (C=O) groups excluding carboxylic acids is 1. The quantitative estimate of drug-likeness (QED) is 0.911. The molecule has 0 bridgehead atoms. The summed E-state index contributed by atoms with van der Waals surface area (Å²) in [6, 6.07) is 13.7. The molecule has 4 heteroatoms. The van der Waals surface area contributed by atoms with Crippen LogP contribution >= 0.6 is 0 Å². The van der Waals surface area contributed by atoms with Crippen molar-refractivity contribution in [3.63, 3.8) is 0 Å². The Kier molecular flexibility index (Phi) is 3.14. The van der Waals surface area contributed by atoms with Crippen LogP contribution in [0.15, 0.2) is 42.5 Å². The zero-order valence-corrected chi connectivity index (χ0v) is 11.0. The number of nitrogens with zero attached hydrogens (tertiary/aromatic N) is 1. The SMILES string of the molecule is O=C(O)C1CCC(=O)N(c2ccc3ccccc3c2)C1. The number of carbonyl (C=O) groups is 2. The number of benzene rings is 2. The third-order valence-corrected chi connectivity index (χ3v) is 3.80. The second-order valence-electron chi connectivity index (χ2n) is 5.11. The lowest BCUT2D eigenvalue weighted by atomic mass is 9.97. The average Bonchev–Trinajstić information content (AvgIpc) is 2.47. The van der Waals surface area contributed by atoms with Crippen molar-refractivity contribution in [1.29, 1.82) is 0 Å². The van der Waals surface area contributed by atoms with E-state index >= 15 is 0 Å². The molecule has 0 radical (unpaired) electrons. The molecular formula is C16H15NO3. The third-order valence-electron chi connectivity index (χ3n) is 3.80. The highest BCUT2D eigenvalue weighted by molar-refractivity contribution is 5.98. The maximum absolute atomic E-state index is 12.0. The van der Waals surface area contributed by atoms with Crippen LogP contribution in [-0.4, -0.2) is 23.5 Å². The molecule has 1 aliphatic heterocycles. The van der Waals surface area contributed by atoms with Crippen LogP contribution in [0, 0.1) is 5.92 Å². The molecule has 4 nitrogen and oxygen atoms in total. The summed E-state index contributed by atoms with van der Waals surface area (Å²) in [6.07, 6.45) is 0.724. The fourth-order valence-corrected chi connectivity index (χ4v) is 2.64. The summed E-state index contributed by atoms with van der Waals surface area (Å²) in [5.74, 6) is -1.31. The molecule has 2 aromatic carbocycles. The predicted octanol–water partition coefficient (Wildman–Crippen LogP) is 2.67. The number of fused-ring (bicyclic) bond motifs is 1. The molecular weight excluding hydrogens is 254 g/mol. The molecule has 1 N–H and O–H groups in total. The summed E-state index contributed by atoms with van der Waals surface area (Å²) in [5, 5.41) is 11.3. The van der Waals surface area contributed by atoms with E-state index in [-0.39, 0.29) is 12.5 Å². The fraction of sp³-hybridized carbons (Fsp3) is 0.250. The van der Waals surface area contributed by atoms with Gasteiger partial charge in [0.05, 0.1) is 5.92 Å². The number of piperidine rings is 1. The molecule has 0 saturated carbocycles. The first-order valence-corrected chi connectivity index (χ1v) is 6.67. The van der Waals surface area contributed by atoms with Crippen LogP contribution in [0.4, 0.5) is 5.69 Å². The maximum atomic E-state index is 12.0. The highest BCUT2D eigenvalue weighted by Crippen LogP contribution is 2.27. The van der Waals surface area contributed by atoms with Gasteiger partial charge in [0.2, 0.25) is 5.91 Å². The van der Waals surface area contributed by atoms with E-state index in [0.717, 1.165) is 16.5 Å². The van der Waals surface area contributed by atoms with Gasteiger partial charge in [0.15, 0.2) is 0 Å². The second-order valence-corrected chi connectivity index (χ2v) is 5.11. The van der Waals surface area contributed by atoms with Gasteiger partial charge >= 0.3 is 5.97 Å². The summed E-state index contributed by atoms with van der Waals surface area (Å²) in [4.78, 5) is 24.7. The maximum Gasteiger partial charge on any atom is 0.308 e. The van der Waals surface area contributed by atoms with Crippen LogP contribution in [0.5, 0.6) is 0 Å². The van der Waals surface area contributed by atoms with Crippen LogP contribution in [0.2, 0.25) is 0 Å². The third kappa shape index (κ3) is 2.25. The van der Waals surface area contributed by atoms with Gasteiger partial charge in [-0.25, -0.2) is 0 Å².